The van der Waals surface area contributed by atoms with E-state index in [-0.39, 0.29) is 6.10 Å². The number of fused-ring (bicyclic) bond motifs is 1. The third-order valence-corrected chi connectivity index (χ3v) is 3.99. The largest absolute Gasteiger partial charge is 0.393 e. The van der Waals surface area contributed by atoms with E-state index in [2.05, 4.69) is 6.92 Å². The summed E-state index contributed by atoms with van der Waals surface area (Å²) in [4.78, 5) is 11.7. The summed E-state index contributed by atoms with van der Waals surface area (Å²) in [5, 5.41) is 9.55. The number of carbonyl (C=O) groups is 1. The smallest absolute Gasteiger partial charge is 0.139 e. The lowest BCUT2D eigenvalue weighted by Crippen LogP contribution is -2.51. The third-order valence-electron chi connectivity index (χ3n) is 3.99. The molecule has 2 heteroatoms. The Morgan fingerprint density at radius 1 is 1.43 bits per heavy atom. The van der Waals surface area contributed by atoms with Crippen molar-refractivity contribution in [1.82, 2.24) is 0 Å². The summed E-state index contributed by atoms with van der Waals surface area (Å²) in [5.74, 6) is 1.64. The molecule has 2 aliphatic rings. The van der Waals surface area contributed by atoms with E-state index in [1.807, 2.05) is 0 Å². The molecule has 2 rings (SSSR count). The van der Waals surface area contributed by atoms with E-state index in [1.54, 1.807) is 0 Å². The SMILES string of the molecule is CCCCC1C(=O)C2CCC(O)CC12. The monoisotopic (exact) mass is 196 g/mol. The Balaban J connectivity index is 1.90. The van der Waals surface area contributed by atoms with Gasteiger partial charge >= 0.3 is 0 Å². The zero-order valence-corrected chi connectivity index (χ0v) is 8.91. The van der Waals surface area contributed by atoms with Crippen LogP contribution in [-0.4, -0.2) is 17.0 Å². The maximum Gasteiger partial charge on any atom is 0.139 e. The fourth-order valence-electron chi connectivity index (χ4n) is 3.13. The lowest BCUT2D eigenvalue weighted by atomic mass is 9.56. The summed E-state index contributed by atoms with van der Waals surface area (Å²) in [6.45, 7) is 2.16. The van der Waals surface area contributed by atoms with Crippen molar-refractivity contribution < 1.29 is 9.90 Å². The Morgan fingerprint density at radius 3 is 2.93 bits per heavy atom. The minimum Gasteiger partial charge on any atom is -0.393 e. The molecule has 0 aromatic carbocycles. The molecule has 14 heavy (non-hydrogen) atoms. The van der Waals surface area contributed by atoms with Gasteiger partial charge in [-0.3, -0.25) is 4.79 Å². The predicted octanol–water partition coefficient (Wildman–Crippen LogP) is 2.15. The number of unbranched alkanes of at least 4 members (excludes halogenated alkanes) is 1. The number of hydrogen-bond acceptors (Lipinski definition) is 2. The zero-order valence-electron chi connectivity index (χ0n) is 8.91. The van der Waals surface area contributed by atoms with Crippen molar-refractivity contribution in [1.29, 1.82) is 0 Å². The first-order valence-corrected chi connectivity index (χ1v) is 5.95. The molecular weight excluding hydrogens is 176 g/mol. The molecule has 4 atom stereocenters. The summed E-state index contributed by atoms with van der Waals surface area (Å²) in [7, 11) is 0. The highest BCUT2D eigenvalue weighted by atomic mass is 16.3. The number of hydrogen-bond donors (Lipinski definition) is 1. The highest BCUT2D eigenvalue weighted by molar-refractivity contribution is 5.90. The van der Waals surface area contributed by atoms with Crippen molar-refractivity contribution >= 4 is 5.78 Å². The fourth-order valence-corrected chi connectivity index (χ4v) is 3.13. The summed E-state index contributed by atoms with van der Waals surface area (Å²) >= 11 is 0. The summed E-state index contributed by atoms with van der Waals surface area (Å²) < 4.78 is 0. The molecule has 0 aromatic rings. The molecule has 2 nitrogen and oxygen atoms in total. The van der Waals surface area contributed by atoms with E-state index in [4.69, 9.17) is 0 Å². The average Bonchev–Trinajstić information content (AvgIpc) is 2.18. The number of aliphatic hydroxyl groups is 1. The molecule has 2 aliphatic carbocycles. The Labute approximate surface area is 85.7 Å². The second-order valence-electron chi connectivity index (χ2n) is 4.89. The van der Waals surface area contributed by atoms with Gasteiger partial charge in [-0.1, -0.05) is 19.8 Å². The van der Waals surface area contributed by atoms with Crippen LogP contribution in [0, 0.1) is 17.8 Å². The van der Waals surface area contributed by atoms with Crippen LogP contribution in [0.3, 0.4) is 0 Å². The van der Waals surface area contributed by atoms with Crippen molar-refractivity contribution in [3.05, 3.63) is 0 Å². The van der Waals surface area contributed by atoms with Gasteiger partial charge in [-0.15, -0.1) is 0 Å². The standard InChI is InChI=1S/C12H20O2/c1-2-3-4-9-11-7-8(13)5-6-10(11)12(9)14/h8-11,13H,2-7H2,1H3. The second-order valence-corrected chi connectivity index (χ2v) is 4.89. The first-order valence-electron chi connectivity index (χ1n) is 5.95. The third kappa shape index (κ3) is 1.60. The van der Waals surface area contributed by atoms with E-state index >= 15 is 0 Å². The van der Waals surface area contributed by atoms with Gasteiger partial charge in [0.2, 0.25) is 0 Å². The Morgan fingerprint density at radius 2 is 2.21 bits per heavy atom. The molecule has 80 valence electrons. The van der Waals surface area contributed by atoms with E-state index in [0.717, 1.165) is 32.1 Å². The van der Waals surface area contributed by atoms with Gasteiger partial charge in [0.05, 0.1) is 6.10 Å². The summed E-state index contributed by atoms with van der Waals surface area (Å²) in [5.41, 5.74) is 0. The van der Waals surface area contributed by atoms with Gasteiger partial charge in [-0.05, 0) is 31.6 Å². The van der Waals surface area contributed by atoms with Crippen LogP contribution in [-0.2, 0) is 4.79 Å². The van der Waals surface area contributed by atoms with Gasteiger partial charge in [0.25, 0.3) is 0 Å². The van der Waals surface area contributed by atoms with Crippen LogP contribution in [0.25, 0.3) is 0 Å². The van der Waals surface area contributed by atoms with Crippen LogP contribution < -0.4 is 0 Å². The molecule has 0 bridgehead atoms. The van der Waals surface area contributed by atoms with Gasteiger partial charge in [0, 0.05) is 11.8 Å². The molecule has 2 fully saturated rings. The van der Waals surface area contributed by atoms with E-state index in [9.17, 15) is 9.90 Å². The predicted molar refractivity (Wildman–Crippen MR) is 54.9 cm³/mol. The highest BCUT2D eigenvalue weighted by Gasteiger charge is 2.50. The van der Waals surface area contributed by atoms with Crippen LogP contribution in [0.2, 0.25) is 0 Å². The number of Topliss-reactive ketones (excluding diaryl/α,β-unsaturated/α-hetero) is 1. The summed E-state index contributed by atoms with van der Waals surface area (Å²) in [6.07, 6.45) is 5.92. The topological polar surface area (TPSA) is 37.3 Å². The maximum atomic E-state index is 11.7. The zero-order chi connectivity index (χ0) is 10.1. The summed E-state index contributed by atoms with van der Waals surface area (Å²) in [6, 6.07) is 0. The number of rotatable bonds is 3. The minimum atomic E-state index is -0.131. The lowest BCUT2D eigenvalue weighted by Gasteiger charge is -2.47. The van der Waals surface area contributed by atoms with E-state index < -0.39 is 0 Å². The molecule has 0 radical (unpaired) electrons. The molecule has 0 saturated heterocycles. The molecule has 0 aliphatic heterocycles. The molecule has 0 amide bonds. The second kappa shape index (κ2) is 4.01. The number of ketones is 1. The van der Waals surface area contributed by atoms with Crippen LogP contribution in [0.15, 0.2) is 0 Å². The van der Waals surface area contributed by atoms with Gasteiger partial charge in [-0.2, -0.15) is 0 Å². The van der Waals surface area contributed by atoms with Crippen molar-refractivity contribution in [2.75, 3.05) is 0 Å². The number of aliphatic hydroxyl groups excluding tert-OH is 1. The maximum absolute atomic E-state index is 11.7. The molecule has 2 saturated carbocycles. The fraction of sp³-hybridized carbons (Fsp3) is 0.917. The van der Waals surface area contributed by atoms with Gasteiger partial charge in [-0.25, -0.2) is 0 Å². The Bertz CT molecular complexity index is 224. The molecule has 4 unspecified atom stereocenters. The Hall–Kier alpha value is -0.370. The minimum absolute atomic E-state index is 0.131. The quantitative estimate of drug-likeness (QED) is 0.751. The lowest BCUT2D eigenvalue weighted by molar-refractivity contribution is -0.149. The Kier molecular flexibility index (Phi) is 2.91. The first-order chi connectivity index (χ1) is 6.74. The van der Waals surface area contributed by atoms with E-state index in [1.165, 1.54) is 6.42 Å². The van der Waals surface area contributed by atoms with Crippen molar-refractivity contribution in [3.8, 4) is 0 Å². The van der Waals surface area contributed by atoms with Crippen molar-refractivity contribution in [2.24, 2.45) is 17.8 Å². The normalized spacial score (nSPS) is 41.7. The first kappa shape index (κ1) is 10.2. The van der Waals surface area contributed by atoms with Crippen LogP contribution in [0.4, 0.5) is 0 Å². The average molecular weight is 196 g/mol. The van der Waals surface area contributed by atoms with Crippen LogP contribution in [0.1, 0.15) is 45.4 Å². The molecule has 0 aromatic heterocycles. The van der Waals surface area contributed by atoms with Gasteiger partial charge in [0.15, 0.2) is 0 Å². The van der Waals surface area contributed by atoms with Crippen molar-refractivity contribution in [3.63, 3.8) is 0 Å². The number of carbonyl (C=O) groups excluding carboxylic acids is 1. The molecule has 1 N–H and O–H groups in total. The molecular formula is C12H20O2. The highest BCUT2D eigenvalue weighted by Crippen LogP contribution is 2.48. The van der Waals surface area contributed by atoms with Gasteiger partial charge < -0.3 is 5.11 Å². The van der Waals surface area contributed by atoms with Gasteiger partial charge in [0.1, 0.15) is 5.78 Å². The van der Waals surface area contributed by atoms with Crippen LogP contribution >= 0.6 is 0 Å². The molecule has 0 heterocycles. The van der Waals surface area contributed by atoms with Crippen LogP contribution in [0.5, 0.6) is 0 Å². The molecule has 0 spiro atoms. The van der Waals surface area contributed by atoms with Crippen molar-refractivity contribution in [2.45, 2.75) is 51.6 Å². The van der Waals surface area contributed by atoms with E-state index in [0.29, 0.717) is 23.5 Å².